The molecule has 3 fully saturated rings. The SMILES string of the molecule is Cn1c2ccncc2c2ccc(-c3ccc(C4CCN(CCC5CCN(c6ccc7c(c6)C(=O)N(C6CCC(=O)NC6=O)C7=O)CC5)CC4)nc3)cc21. The minimum absolute atomic E-state index is 0.110. The van der Waals surface area contributed by atoms with Crippen LogP contribution in [0.1, 0.15) is 77.3 Å². The van der Waals surface area contributed by atoms with Gasteiger partial charge in [0, 0.05) is 84.3 Å². The predicted molar refractivity (Wildman–Crippen MR) is 203 cm³/mol. The number of pyridine rings is 2. The van der Waals surface area contributed by atoms with E-state index in [1.165, 1.54) is 39.5 Å². The molecule has 4 amide bonds. The van der Waals surface area contributed by atoms with Crippen LogP contribution < -0.4 is 10.2 Å². The van der Waals surface area contributed by atoms with E-state index in [4.69, 9.17) is 4.98 Å². The lowest BCUT2D eigenvalue weighted by atomic mass is 9.90. The maximum atomic E-state index is 13.3. The molecule has 4 aliphatic heterocycles. The third-order valence-electron chi connectivity index (χ3n) is 12.2. The largest absolute Gasteiger partial charge is 0.371 e. The summed E-state index contributed by atoms with van der Waals surface area (Å²) in [6, 6.07) is 17.6. The van der Waals surface area contributed by atoms with E-state index in [2.05, 4.69) is 68.1 Å². The molecule has 4 aliphatic rings. The van der Waals surface area contributed by atoms with Crippen molar-refractivity contribution in [1.82, 2.24) is 29.7 Å². The molecule has 1 unspecified atom stereocenters. The van der Waals surface area contributed by atoms with Crippen LogP contribution in [-0.2, 0) is 16.6 Å². The van der Waals surface area contributed by atoms with Crippen LogP contribution in [0.5, 0.6) is 0 Å². The highest BCUT2D eigenvalue weighted by Crippen LogP contribution is 2.35. The van der Waals surface area contributed by atoms with Crippen LogP contribution in [0.3, 0.4) is 0 Å². The van der Waals surface area contributed by atoms with Gasteiger partial charge in [-0.15, -0.1) is 0 Å². The molecule has 53 heavy (non-hydrogen) atoms. The van der Waals surface area contributed by atoms with Gasteiger partial charge < -0.3 is 14.4 Å². The van der Waals surface area contributed by atoms with Crippen molar-refractivity contribution in [3.63, 3.8) is 0 Å². The normalized spacial score (nSPS) is 20.5. The number of nitrogens with one attached hydrogen (secondary N) is 1. The fraction of sp³-hybridized carbons (Fsp3) is 0.381. The van der Waals surface area contributed by atoms with Crippen molar-refractivity contribution in [2.45, 2.75) is 56.9 Å². The predicted octanol–water partition coefficient (Wildman–Crippen LogP) is 5.68. The molecule has 0 bridgehead atoms. The molecule has 270 valence electrons. The second-order valence-electron chi connectivity index (χ2n) is 15.2. The summed E-state index contributed by atoms with van der Waals surface area (Å²) in [6.07, 6.45) is 11.7. The molecule has 5 aromatic rings. The summed E-state index contributed by atoms with van der Waals surface area (Å²) in [5.74, 6) is -0.742. The Kier molecular flexibility index (Phi) is 8.53. The van der Waals surface area contributed by atoms with Gasteiger partial charge in [0.25, 0.3) is 11.8 Å². The zero-order valence-electron chi connectivity index (χ0n) is 30.0. The number of carbonyl (C=O) groups excluding carboxylic acids is 4. The minimum atomic E-state index is -0.949. The number of imide groups is 2. The Balaban J connectivity index is 0.750. The number of rotatable bonds is 7. The lowest BCUT2D eigenvalue weighted by Gasteiger charge is -2.36. The van der Waals surface area contributed by atoms with E-state index in [0.717, 1.165) is 74.6 Å². The van der Waals surface area contributed by atoms with Gasteiger partial charge in [-0.1, -0.05) is 18.2 Å². The maximum absolute atomic E-state index is 13.3. The molecule has 7 heterocycles. The number of aryl methyl sites for hydroxylation is 1. The molecule has 11 heteroatoms. The number of carbonyl (C=O) groups is 4. The number of hydrogen-bond acceptors (Lipinski definition) is 8. The summed E-state index contributed by atoms with van der Waals surface area (Å²) in [4.78, 5) is 65.6. The topological polar surface area (TPSA) is 121 Å². The average Bonchev–Trinajstić information content (AvgIpc) is 3.62. The lowest BCUT2D eigenvalue weighted by molar-refractivity contribution is -0.136. The van der Waals surface area contributed by atoms with Crippen LogP contribution in [-0.4, -0.2) is 86.7 Å². The molecule has 1 N–H and O–H groups in total. The van der Waals surface area contributed by atoms with Crippen LogP contribution in [0, 0.1) is 5.92 Å². The maximum Gasteiger partial charge on any atom is 0.262 e. The number of aromatic nitrogens is 3. The van der Waals surface area contributed by atoms with Crippen molar-refractivity contribution in [2.75, 3.05) is 37.6 Å². The fourth-order valence-electron chi connectivity index (χ4n) is 9.00. The zero-order chi connectivity index (χ0) is 36.2. The zero-order valence-corrected chi connectivity index (χ0v) is 30.0. The first-order valence-corrected chi connectivity index (χ1v) is 18.9. The number of anilines is 1. The molecule has 3 saturated heterocycles. The number of benzene rings is 2. The van der Waals surface area contributed by atoms with Gasteiger partial charge in [-0.05, 0) is 106 Å². The number of hydrogen-bond donors (Lipinski definition) is 1. The van der Waals surface area contributed by atoms with E-state index >= 15 is 0 Å². The Morgan fingerprint density at radius 2 is 1.55 bits per heavy atom. The van der Waals surface area contributed by atoms with Gasteiger partial charge in [0.05, 0.1) is 16.6 Å². The fourth-order valence-corrected chi connectivity index (χ4v) is 9.00. The van der Waals surface area contributed by atoms with E-state index in [1.807, 2.05) is 24.7 Å². The molecule has 9 rings (SSSR count). The number of nitrogens with zero attached hydrogens (tertiary/aromatic N) is 6. The third-order valence-corrected chi connectivity index (χ3v) is 12.2. The first-order chi connectivity index (χ1) is 25.8. The van der Waals surface area contributed by atoms with Gasteiger partial charge in [-0.3, -0.25) is 39.4 Å². The number of fused-ring (bicyclic) bond motifs is 4. The molecule has 0 saturated carbocycles. The highest BCUT2D eigenvalue weighted by molar-refractivity contribution is 6.23. The molecule has 1 atom stereocenters. The van der Waals surface area contributed by atoms with Crippen molar-refractivity contribution in [3.05, 3.63) is 90.0 Å². The lowest BCUT2D eigenvalue weighted by Crippen LogP contribution is -2.54. The van der Waals surface area contributed by atoms with Gasteiger partial charge in [0.15, 0.2) is 0 Å². The summed E-state index contributed by atoms with van der Waals surface area (Å²) in [5.41, 5.74) is 7.48. The van der Waals surface area contributed by atoms with Crippen molar-refractivity contribution in [3.8, 4) is 11.1 Å². The van der Waals surface area contributed by atoms with Gasteiger partial charge in [-0.2, -0.15) is 0 Å². The minimum Gasteiger partial charge on any atom is -0.371 e. The van der Waals surface area contributed by atoms with E-state index in [1.54, 1.807) is 12.1 Å². The Bertz CT molecular complexity index is 2260. The summed E-state index contributed by atoms with van der Waals surface area (Å²) < 4.78 is 2.24. The van der Waals surface area contributed by atoms with E-state index in [-0.39, 0.29) is 18.7 Å². The van der Waals surface area contributed by atoms with Gasteiger partial charge in [0.1, 0.15) is 6.04 Å². The van der Waals surface area contributed by atoms with Gasteiger partial charge in [0.2, 0.25) is 11.8 Å². The van der Waals surface area contributed by atoms with Crippen molar-refractivity contribution >= 4 is 51.1 Å². The summed E-state index contributed by atoms with van der Waals surface area (Å²) in [7, 11) is 2.11. The van der Waals surface area contributed by atoms with Gasteiger partial charge in [-0.25, -0.2) is 0 Å². The van der Waals surface area contributed by atoms with E-state index in [0.29, 0.717) is 23.0 Å². The van der Waals surface area contributed by atoms with E-state index < -0.39 is 23.8 Å². The Hall–Kier alpha value is -5.42. The van der Waals surface area contributed by atoms with Crippen LogP contribution in [0.15, 0.2) is 73.2 Å². The summed E-state index contributed by atoms with van der Waals surface area (Å²) in [6.45, 7) is 5.11. The Morgan fingerprint density at radius 1 is 0.755 bits per heavy atom. The molecule has 11 nitrogen and oxygen atoms in total. The molecule has 0 radical (unpaired) electrons. The van der Waals surface area contributed by atoms with Gasteiger partial charge >= 0.3 is 0 Å². The molecular formula is C42H43N7O4. The van der Waals surface area contributed by atoms with Crippen molar-refractivity contribution < 1.29 is 19.2 Å². The number of piperidine rings is 3. The quantitative estimate of drug-likeness (QED) is 0.215. The van der Waals surface area contributed by atoms with Crippen LogP contribution in [0.25, 0.3) is 32.9 Å². The Morgan fingerprint density at radius 3 is 2.32 bits per heavy atom. The number of amides is 4. The van der Waals surface area contributed by atoms with E-state index in [9.17, 15) is 19.2 Å². The first-order valence-electron chi connectivity index (χ1n) is 18.9. The first kappa shape index (κ1) is 33.4. The summed E-state index contributed by atoms with van der Waals surface area (Å²) >= 11 is 0. The average molecular weight is 710 g/mol. The highest BCUT2D eigenvalue weighted by Gasteiger charge is 2.44. The molecule has 0 aliphatic carbocycles. The summed E-state index contributed by atoms with van der Waals surface area (Å²) in [5, 5.41) is 4.65. The van der Waals surface area contributed by atoms with Crippen LogP contribution >= 0.6 is 0 Å². The molecule has 2 aromatic carbocycles. The monoisotopic (exact) mass is 709 g/mol. The molecule has 3 aromatic heterocycles. The highest BCUT2D eigenvalue weighted by atomic mass is 16.2. The van der Waals surface area contributed by atoms with Crippen molar-refractivity contribution in [1.29, 1.82) is 0 Å². The number of likely N-dealkylation sites (tertiary alicyclic amines) is 1. The van der Waals surface area contributed by atoms with Crippen molar-refractivity contribution in [2.24, 2.45) is 13.0 Å². The molecule has 0 spiro atoms. The van der Waals surface area contributed by atoms with Crippen LogP contribution in [0.2, 0.25) is 0 Å². The third kappa shape index (κ3) is 6.06. The second-order valence-corrected chi connectivity index (χ2v) is 15.2. The smallest absolute Gasteiger partial charge is 0.262 e. The second kappa shape index (κ2) is 13.5. The Labute approximate surface area is 308 Å². The molecular weight excluding hydrogens is 667 g/mol. The van der Waals surface area contributed by atoms with Crippen LogP contribution in [0.4, 0.5) is 5.69 Å². The standard InChI is InChI=1S/C42H43N7O4/c1-46-36-10-16-43-25-34(36)31-5-2-28(22-38(31)46)29-3-7-35(44-24-29)27-14-18-47(19-15-27)17-11-26-12-20-48(21-13-26)30-4-6-32-33(23-30)42(53)49(41(32)52)37-8-9-39(50)45-40(37)51/h2-7,10,16,22-27,37H,8-9,11-15,17-21H2,1H3,(H,45,50,51).